The Hall–Kier alpha value is -3.87. The highest BCUT2D eigenvalue weighted by molar-refractivity contribution is 6.05. The number of amides is 1. The van der Waals surface area contributed by atoms with Gasteiger partial charge < -0.3 is 21.7 Å². The van der Waals surface area contributed by atoms with Crippen LogP contribution < -0.4 is 27.6 Å². The number of carbonyl (C=O) groups is 1. The van der Waals surface area contributed by atoms with E-state index >= 15 is 0 Å². The third kappa shape index (κ3) is 6.91. The summed E-state index contributed by atoms with van der Waals surface area (Å²) >= 11 is 0. The van der Waals surface area contributed by atoms with Crippen molar-refractivity contribution in [2.45, 2.75) is 26.6 Å². The molecule has 204 valence electrons. The first-order valence-electron chi connectivity index (χ1n) is 11.8. The minimum absolute atomic E-state index is 0.0314. The molecule has 1 amide bonds. The van der Waals surface area contributed by atoms with Gasteiger partial charge in [0.2, 0.25) is 0 Å². The molecular formula is C26H33F3N8O. The molecule has 3 rings (SSSR count). The molecule has 0 radical (unpaired) electrons. The summed E-state index contributed by atoms with van der Waals surface area (Å²) in [5.41, 5.74) is 14.8. The van der Waals surface area contributed by atoms with Crippen molar-refractivity contribution in [1.82, 2.24) is 14.7 Å². The molecule has 2 aromatic carbocycles. The highest BCUT2D eigenvalue weighted by Crippen LogP contribution is 2.32. The summed E-state index contributed by atoms with van der Waals surface area (Å²) in [5.74, 6) is 5.67. The Morgan fingerprint density at radius 1 is 1.18 bits per heavy atom. The van der Waals surface area contributed by atoms with E-state index in [1.807, 2.05) is 13.8 Å². The maximum atomic E-state index is 13.5. The lowest BCUT2D eigenvalue weighted by Crippen LogP contribution is -2.27. The maximum Gasteiger partial charge on any atom is 0.416 e. The van der Waals surface area contributed by atoms with Gasteiger partial charge in [-0.1, -0.05) is 6.07 Å². The van der Waals surface area contributed by atoms with Gasteiger partial charge in [-0.2, -0.15) is 18.3 Å². The Morgan fingerprint density at radius 2 is 1.89 bits per heavy atom. The number of anilines is 2. The van der Waals surface area contributed by atoms with E-state index in [0.29, 0.717) is 35.6 Å². The summed E-state index contributed by atoms with van der Waals surface area (Å²) < 4.78 is 42.3. The van der Waals surface area contributed by atoms with Crippen molar-refractivity contribution in [3.05, 3.63) is 82.3 Å². The van der Waals surface area contributed by atoms with E-state index in [2.05, 4.69) is 10.4 Å². The van der Waals surface area contributed by atoms with Crippen LogP contribution in [0.4, 0.5) is 24.5 Å². The Labute approximate surface area is 219 Å². The van der Waals surface area contributed by atoms with Gasteiger partial charge in [0.1, 0.15) is 0 Å². The third-order valence-electron chi connectivity index (χ3n) is 6.12. The largest absolute Gasteiger partial charge is 0.416 e. The van der Waals surface area contributed by atoms with Gasteiger partial charge in [-0.05, 0) is 62.4 Å². The van der Waals surface area contributed by atoms with Gasteiger partial charge in [-0.15, -0.1) is 0 Å². The quantitative estimate of drug-likeness (QED) is 0.247. The number of nitrogens with one attached hydrogen (secondary N) is 1. The molecule has 9 nitrogen and oxygen atoms in total. The summed E-state index contributed by atoms with van der Waals surface area (Å²) in [4.78, 5) is 14.9. The number of hydrazine groups is 1. The molecule has 0 fully saturated rings. The monoisotopic (exact) mass is 530 g/mol. The molecule has 0 aliphatic heterocycles. The van der Waals surface area contributed by atoms with Gasteiger partial charge >= 0.3 is 6.18 Å². The van der Waals surface area contributed by atoms with Crippen LogP contribution in [0, 0.1) is 13.8 Å². The second kappa shape index (κ2) is 11.7. The van der Waals surface area contributed by atoms with Gasteiger partial charge in [0.05, 0.1) is 23.1 Å². The molecule has 1 aromatic heterocycles. The van der Waals surface area contributed by atoms with Crippen LogP contribution in [-0.4, -0.2) is 40.7 Å². The first-order valence-corrected chi connectivity index (χ1v) is 11.8. The van der Waals surface area contributed by atoms with E-state index in [1.165, 1.54) is 17.3 Å². The predicted octanol–water partition coefficient (Wildman–Crippen LogP) is 3.34. The van der Waals surface area contributed by atoms with Gasteiger partial charge in [0, 0.05) is 55.4 Å². The number of rotatable bonds is 9. The highest BCUT2D eigenvalue weighted by Gasteiger charge is 2.31. The van der Waals surface area contributed by atoms with E-state index in [-0.39, 0.29) is 17.8 Å². The average Bonchev–Trinajstić information content (AvgIpc) is 3.16. The van der Waals surface area contributed by atoms with Gasteiger partial charge in [0.15, 0.2) is 0 Å². The van der Waals surface area contributed by atoms with Crippen LogP contribution in [0.5, 0.6) is 0 Å². The smallest absolute Gasteiger partial charge is 0.397 e. The van der Waals surface area contributed by atoms with Crippen molar-refractivity contribution >= 4 is 23.0 Å². The lowest BCUT2D eigenvalue weighted by atomic mass is 10.1. The summed E-state index contributed by atoms with van der Waals surface area (Å²) in [6.45, 7) is 4.81. The van der Waals surface area contributed by atoms with Gasteiger partial charge in [-0.25, -0.2) is 5.84 Å². The standard InChI is InChI=1S/C26H33F3N8O/c1-16-5-6-19(11-24(16)37(32)15-23(31)22-13-33-36(4)17(22)2)25(38)34-21-10-18(14-35(3)8-7-30)9-20(12-21)26(27,28)29/h5-6,9-13,15H,7-8,14,30-32H2,1-4H3,(H,34,38)/b23-15-. The zero-order valence-corrected chi connectivity index (χ0v) is 21.8. The van der Waals surface area contributed by atoms with Crippen molar-refractivity contribution in [3.8, 4) is 0 Å². The Morgan fingerprint density at radius 3 is 2.50 bits per heavy atom. The van der Waals surface area contributed by atoms with Crippen LogP contribution in [0.15, 0.2) is 48.8 Å². The summed E-state index contributed by atoms with van der Waals surface area (Å²) in [5, 5.41) is 8.05. The fourth-order valence-electron chi connectivity index (χ4n) is 3.93. The van der Waals surface area contributed by atoms with Crippen molar-refractivity contribution in [1.29, 1.82) is 0 Å². The third-order valence-corrected chi connectivity index (χ3v) is 6.12. The van der Waals surface area contributed by atoms with E-state index in [0.717, 1.165) is 23.4 Å². The molecule has 0 spiro atoms. The first-order chi connectivity index (χ1) is 17.8. The van der Waals surface area contributed by atoms with E-state index in [9.17, 15) is 18.0 Å². The minimum atomic E-state index is -4.57. The maximum absolute atomic E-state index is 13.5. The SMILES string of the molecule is Cc1ccc(C(=O)Nc2cc(CN(C)CCN)cc(C(F)(F)F)c2)cc1N(N)/C=C(\N)c1cnn(C)c1C. The number of nitrogens with two attached hydrogens (primary N) is 3. The van der Waals surface area contributed by atoms with Crippen molar-refractivity contribution in [3.63, 3.8) is 0 Å². The molecule has 0 saturated heterocycles. The topological polar surface area (TPSA) is 131 Å². The first kappa shape index (κ1) is 28.7. The fraction of sp³-hybridized carbons (Fsp3) is 0.308. The molecule has 0 atom stereocenters. The van der Waals surface area contributed by atoms with Crippen molar-refractivity contribution in [2.24, 2.45) is 24.4 Å². The molecule has 7 N–H and O–H groups in total. The van der Waals surface area contributed by atoms with Crippen LogP contribution >= 0.6 is 0 Å². The zero-order chi connectivity index (χ0) is 28.2. The molecule has 0 bridgehead atoms. The Balaban J connectivity index is 1.88. The number of alkyl halides is 3. The molecule has 38 heavy (non-hydrogen) atoms. The number of aromatic nitrogens is 2. The normalized spacial score (nSPS) is 12.2. The number of aryl methyl sites for hydroxylation is 2. The highest BCUT2D eigenvalue weighted by atomic mass is 19.4. The number of benzene rings is 2. The van der Waals surface area contributed by atoms with E-state index in [4.69, 9.17) is 17.3 Å². The number of halogens is 3. The Kier molecular flexibility index (Phi) is 8.82. The second-order valence-electron chi connectivity index (χ2n) is 9.16. The minimum Gasteiger partial charge on any atom is -0.397 e. The second-order valence-corrected chi connectivity index (χ2v) is 9.16. The van der Waals surface area contributed by atoms with Crippen molar-refractivity contribution < 1.29 is 18.0 Å². The fourth-order valence-corrected chi connectivity index (χ4v) is 3.93. The van der Waals surface area contributed by atoms with Gasteiger partial charge in [-0.3, -0.25) is 14.5 Å². The number of hydrogen-bond donors (Lipinski definition) is 4. The molecular weight excluding hydrogens is 497 g/mol. The summed E-state index contributed by atoms with van der Waals surface area (Å²) in [6.07, 6.45) is -1.42. The number of hydrogen-bond acceptors (Lipinski definition) is 7. The molecule has 0 aliphatic carbocycles. The van der Waals surface area contributed by atoms with Crippen molar-refractivity contribution in [2.75, 3.05) is 30.5 Å². The molecule has 0 saturated carbocycles. The molecule has 0 aliphatic rings. The van der Waals surface area contributed by atoms with Gasteiger partial charge in [0.25, 0.3) is 5.91 Å². The Bertz CT molecular complexity index is 1330. The summed E-state index contributed by atoms with van der Waals surface area (Å²) in [6, 6.07) is 8.32. The molecule has 1 heterocycles. The lowest BCUT2D eigenvalue weighted by Gasteiger charge is -2.19. The summed E-state index contributed by atoms with van der Waals surface area (Å²) in [7, 11) is 3.55. The van der Waals surface area contributed by atoms with Crippen LogP contribution in [0.2, 0.25) is 0 Å². The predicted molar refractivity (Wildman–Crippen MR) is 143 cm³/mol. The molecule has 3 aromatic rings. The van der Waals surface area contributed by atoms with Crippen LogP contribution in [0.25, 0.3) is 5.70 Å². The van der Waals surface area contributed by atoms with Crippen LogP contribution in [0.3, 0.4) is 0 Å². The van der Waals surface area contributed by atoms with E-state index in [1.54, 1.807) is 48.1 Å². The van der Waals surface area contributed by atoms with Crippen LogP contribution in [-0.2, 0) is 19.8 Å². The molecule has 12 heteroatoms. The molecule has 0 unspecified atom stereocenters. The average molecular weight is 531 g/mol. The van der Waals surface area contributed by atoms with Crippen LogP contribution in [0.1, 0.15) is 38.3 Å². The number of carbonyl (C=O) groups excluding carboxylic acids is 1. The number of likely N-dealkylation sites (N-methyl/N-ethyl adjacent to an activating group) is 1. The number of nitrogens with zero attached hydrogens (tertiary/aromatic N) is 4. The zero-order valence-electron chi connectivity index (χ0n) is 21.8. The lowest BCUT2D eigenvalue weighted by molar-refractivity contribution is -0.137. The van der Waals surface area contributed by atoms with E-state index < -0.39 is 17.6 Å².